The van der Waals surface area contributed by atoms with E-state index in [2.05, 4.69) is 9.72 Å². The quantitative estimate of drug-likeness (QED) is 0.626. The smallest absolute Gasteiger partial charge is 0.472 e. The molecule has 0 aliphatic carbocycles. The molecule has 29 heavy (non-hydrogen) atoms. The third kappa shape index (κ3) is 4.28. The molecule has 1 aliphatic heterocycles. The minimum absolute atomic E-state index is 0.116. The van der Waals surface area contributed by atoms with Gasteiger partial charge in [0.05, 0.1) is 23.5 Å². The molecule has 0 unspecified atom stereocenters. The van der Waals surface area contributed by atoms with Gasteiger partial charge in [0.15, 0.2) is 0 Å². The molecule has 1 aliphatic rings. The van der Waals surface area contributed by atoms with Crippen molar-refractivity contribution in [3.05, 3.63) is 60.7 Å². The monoisotopic (exact) mass is 424 g/mol. The van der Waals surface area contributed by atoms with E-state index in [4.69, 9.17) is 4.74 Å². The Labute approximate surface area is 164 Å². The number of hydrogen-bond acceptors (Lipinski definition) is 5. The molecule has 6 nitrogen and oxygen atoms in total. The number of hydrogen-bond donors (Lipinski definition) is 0. The molecule has 1 fully saturated rings. The second kappa shape index (κ2) is 7.20. The Hall–Kier alpha value is -2.85. The molecule has 0 amide bonds. The summed E-state index contributed by atoms with van der Waals surface area (Å²) in [6.07, 6.45) is -5.19. The molecule has 0 N–H and O–H groups in total. The van der Waals surface area contributed by atoms with Gasteiger partial charge in [-0.05, 0) is 36.4 Å². The minimum Gasteiger partial charge on any atom is -0.472 e. The summed E-state index contributed by atoms with van der Waals surface area (Å²) in [7, 11) is -3.83. The third-order valence-corrected chi connectivity index (χ3v) is 6.22. The highest BCUT2D eigenvalue weighted by Crippen LogP contribution is 2.28. The third-order valence-electron chi connectivity index (χ3n) is 4.37. The highest BCUT2D eigenvalue weighted by atomic mass is 32.2. The molecule has 4 rings (SSSR count). The zero-order valence-corrected chi connectivity index (χ0v) is 15.7. The SMILES string of the molecule is O=S(=O)(c1ccc(OC(F)(F)F)cc1)N1CC(Oc2ccc3ccccc3n2)C1. The molecular weight excluding hydrogens is 409 g/mol. The van der Waals surface area contributed by atoms with Gasteiger partial charge in [-0.15, -0.1) is 13.2 Å². The number of rotatable bonds is 5. The molecular formula is C19H15F3N2O4S. The van der Waals surface area contributed by atoms with Crippen LogP contribution in [0.15, 0.2) is 65.6 Å². The molecule has 2 aromatic carbocycles. The topological polar surface area (TPSA) is 68.7 Å². The van der Waals surface area contributed by atoms with Crippen LogP contribution in [0, 0.1) is 0 Å². The molecule has 1 aromatic heterocycles. The van der Waals surface area contributed by atoms with E-state index in [9.17, 15) is 21.6 Å². The summed E-state index contributed by atoms with van der Waals surface area (Å²) in [5, 5.41) is 0.968. The van der Waals surface area contributed by atoms with E-state index in [1.54, 1.807) is 6.07 Å². The van der Waals surface area contributed by atoms with Gasteiger partial charge in [0.25, 0.3) is 0 Å². The summed E-state index contributed by atoms with van der Waals surface area (Å²) in [4.78, 5) is 4.27. The van der Waals surface area contributed by atoms with Crippen molar-refractivity contribution in [2.45, 2.75) is 17.4 Å². The van der Waals surface area contributed by atoms with Crippen molar-refractivity contribution in [3.63, 3.8) is 0 Å². The maximum atomic E-state index is 12.6. The average molecular weight is 424 g/mol. The largest absolute Gasteiger partial charge is 0.573 e. The van der Waals surface area contributed by atoms with Crippen LogP contribution < -0.4 is 9.47 Å². The standard InChI is InChI=1S/C19H15F3N2O4S/c20-19(21,22)28-14-6-8-16(9-7-14)29(25,26)24-11-15(12-24)27-18-10-5-13-3-1-2-4-17(13)23-18/h1-10,15H,11-12H2. The fourth-order valence-corrected chi connectivity index (χ4v) is 4.42. The number of halogens is 3. The van der Waals surface area contributed by atoms with Crippen molar-refractivity contribution in [2.75, 3.05) is 13.1 Å². The zero-order valence-electron chi connectivity index (χ0n) is 14.8. The summed E-state index contributed by atoms with van der Waals surface area (Å²) in [6, 6.07) is 15.2. The van der Waals surface area contributed by atoms with Crippen molar-refractivity contribution in [3.8, 4) is 11.6 Å². The van der Waals surface area contributed by atoms with Crippen molar-refractivity contribution in [2.24, 2.45) is 0 Å². The van der Waals surface area contributed by atoms with Crippen LogP contribution in [0.25, 0.3) is 10.9 Å². The Morgan fingerprint density at radius 3 is 2.34 bits per heavy atom. The second-order valence-corrected chi connectivity index (χ2v) is 8.36. The molecule has 152 valence electrons. The lowest BCUT2D eigenvalue weighted by Gasteiger charge is -2.37. The van der Waals surface area contributed by atoms with Gasteiger partial charge in [0, 0.05) is 11.5 Å². The van der Waals surface area contributed by atoms with E-state index >= 15 is 0 Å². The summed E-state index contributed by atoms with van der Waals surface area (Å²) >= 11 is 0. The summed E-state index contributed by atoms with van der Waals surface area (Å²) < 4.78 is 72.4. The predicted molar refractivity (Wildman–Crippen MR) is 98.0 cm³/mol. The number of sulfonamides is 1. The first-order valence-corrected chi connectivity index (χ1v) is 10.0. The maximum Gasteiger partial charge on any atom is 0.573 e. The van der Waals surface area contributed by atoms with Gasteiger partial charge >= 0.3 is 6.36 Å². The van der Waals surface area contributed by atoms with Crippen LogP contribution in [0.3, 0.4) is 0 Å². The number of alkyl halides is 3. The van der Waals surface area contributed by atoms with Crippen LogP contribution >= 0.6 is 0 Å². The first-order chi connectivity index (χ1) is 13.7. The average Bonchev–Trinajstić information content (AvgIpc) is 2.63. The van der Waals surface area contributed by atoms with Gasteiger partial charge in [-0.2, -0.15) is 4.31 Å². The highest BCUT2D eigenvalue weighted by molar-refractivity contribution is 7.89. The number of para-hydroxylation sites is 1. The number of nitrogens with zero attached hydrogens (tertiary/aromatic N) is 2. The van der Waals surface area contributed by atoms with Crippen LogP contribution in [0.2, 0.25) is 0 Å². The van der Waals surface area contributed by atoms with E-state index in [-0.39, 0.29) is 24.1 Å². The molecule has 0 radical (unpaired) electrons. The first kappa shape index (κ1) is 19.5. The molecule has 0 bridgehead atoms. The van der Waals surface area contributed by atoms with Gasteiger partial charge in [-0.1, -0.05) is 18.2 Å². The Morgan fingerprint density at radius 1 is 0.966 bits per heavy atom. The fraction of sp³-hybridized carbons (Fsp3) is 0.211. The number of fused-ring (bicyclic) bond motifs is 1. The summed E-state index contributed by atoms with van der Waals surface area (Å²) in [5.74, 6) is -0.0805. The normalized spacial score (nSPS) is 15.8. The van der Waals surface area contributed by atoms with E-state index in [1.807, 2.05) is 30.3 Å². The number of benzene rings is 2. The van der Waals surface area contributed by atoms with Crippen LogP contribution in [-0.4, -0.2) is 43.3 Å². The molecule has 0 spiro atoms. The van der Waals surface area contributed by atoms with Crippen molar-refractivity contribution in [1.82, 2.24) is 9.29 Å². The lowest BCUT2D eigenvalue weighted by atomic mass is 10.2. The molecule has 1 saturated heterocycles. The lowest BCUT2D eigenvalue weighted by molar-refractivity contribution is -0.274. The molecule has 0 saturated carbocycles. The van der Waals surface area contributed by atoms with Crippen LogP contribution in [0.5, 0.6) is 11.6 Å². The molecule has 10 heteroatoms. The maximum absolute atomic E-state index is 12.6. The van der Waals surface area contributed by atoms with E-state index in [0.29, 0.717) is 5.88 Å². The Morgan fingerprint density at radius 2 is 1.66 bits per heavy atom. The van der Waals surface area contributed by atoms with Gasteiger partial charge in [0.1, 0.15) is 11.9 Å². The van der Waals surface area contributed by atoms with Crippen molar-refractivity contribution in [1.29, 1.82) is 0 Å². The van der Waals surface area contributed by atoms with Gasteiger partial charge < -0.3 is 9.47 Å². The number of aromatic nitrogens is 1. The predicted octanol–water partition coefficient (Wildman–Crippen LogP) is 3.59. The van der Waals surface area contributed by atoms with Gasteiger partial charge in [-0.25, -0.2) is 13.4 Å². The lowest BCUT2D eigenvalue weighted by Crippen LogP contribution is -2.56. The zero-order chi connectivity index (χ0) is 20.6. The highest BCUT2D eigenvalue weighted by Gasteiger charge is 2.38. The first-order valence-electron chi connectivity index (χ1n) is 8.59. The molecule has 0 atom stereocenters. The van der Waals surface area contributed by atoms with Crippen molar-refractivity contribution < 1.29 is 31.1 Å². The van der Waals surface area contributed by atoms with Gasteiger partial charge in [-0.3, -0.25) is 0 Å². The van der Waals surface area contributed by atoms with Crippen LogP contribution in [-0.2, 0) is 10.0 Å². The fourth-order valence-electron chi connectivity index (χ4n) is 2.92. The van der Waals surface area contributed by atoms with E-state index in [1.165, 1.54) is 4.31 Å². The second-order valence-electron chi connectivity index (χ2n) is 6.42. The summed E-state index contributed by atoms with van der Waals surface area (Å²) in [5.41, 5.74) is 0.773. The minimum atomic E-state index is -4.83. The van der Waals surface area contributed by atoms with Crippen LogP contribution in [0.4, 0.5) is 13.2 Å². The Kier molecular flexibility index (Phi) is 4.83. The van der Waals surface area contributed by atoms with Gasteiger partial charge in [0.2, 0.25) is 15.9 Å². The number of pyridine rings is 1. The van der Waals surface area contributed by atoms with E-state index in [0.717, 1.165) is 35.2 Å². The Bertz CT molecular complexity index is 1130. The van der Waals surface area contributed by atoms with Crippen molar-refractivity contribution >= 4 is 20.9 Å². The summed E-state index contributed by atoms with van der Waals surface area (Å²) in [6.45, 7) is 0.245. The van der Waals surface area contributed by atoms with Crippen LogP contribution in [0.1, 0.15) is 0 Å². The Balaban J connectivity index is 1.39. The molecule has 2 heterocycles. The molecule has 3 aromatic rings. The van der Waals surface area contributed by atoms with E-state index < -0.39 is 22.1 Å². The number of ether oxygens (including phenoxy) is 2.